The number of benzene rings is 4. The van der Waals surface area contributed by atoms with Crippen molar-refractivity contribution in [2.24, 2.45) is 4.99 Å². The third-order valence-corrected chi connectivity index (χ3v) is 7.13. The van der Waals surface area contributed by atoms with Crippen LogP contribution in [0.25, 0.3) is 16.5 Å². The molecule has 0 saturated carbocycles. The lowest BCUT2D eigenvalue weighted by Gasteiger charge is -2.15. The maximum atomic E-state index is 5.13. The van der Waals surface area contributed by atoms with Crippen LogP contribution in [0.4, 0.5) is 5.69 Å². The second-order valence-corrected chi connectivity index (χ2v) is 9.76. The first-order valence-corrected chi connectivity index (χ1v) is 12.4. The zero-order valence-corrected chi connectivity index (χ0v) is 20.1. The van der Waals surface area contributed by atoms with Gasteiger partial charge in [0.15, 0.2) is 0 Å². The summed E-state index contributed by atoms with van der Waals surface area (Å²) in [7, 11) is 0. The van der Waals surface area contributed by atoms with Crippen molar-refractivity contribution in [3.63, 3.8) is 0 Å². The van der Waals surface area contributed by atoms with Gasteiger partial charge >= 0.3 is 0 Å². The summed E-state index contributed by atoms with van der Waals surface area (Å²) < 4.78 is 0. The van der Waals surface area contributed by atoms with Crippen LogP contribution in [0, 0.1) is 20.8 Å². The summed E-state index contributed by atoms with van der Waals surface area (Å²) in [5.74, 6) is 0.981. The maximum Gasteiger partial charge on any atom is 0.0934 e. The van der Waals surface area contributed by atoms with Crippen LogP contribution < -0.4 is 5.32 Å². The average Bonchev–Trinajstić information content (AvgIpc) is 3.26. The third-order valence-electron chi connectivity index (χ3n) is 6.12. The normalized spacial score (nSPS) is 16.2. The maximum absolute atomic E-state index is 5.13. The largest absolute Gasteiger partial charge is 0.355 e. The van der Waals surface area contributed by atoms with Crippen molar-refractivity contribution in [2.75, 3.05) is 11.1 Å². The number of anilines is 1. The minimum Gasteiger partial charge on any atom is -0.355 e. The standard InChI is InChI=1S/C30H28N2S/c1-20-15-21(2)30(22(3)16-20)28-19-33-29(32-28)18-27(24-10-5-4-6-11-24)31-26-14-13-23-9-7-8-12-25(23)17-26/h4-18,28,31H,19H2,1-3H3. The summed E-state index contributed by atoms with van der Waals surface area (Å²) >= 11 is 1.84. The van der Waals surface area contributed by atoms with Gasteiger partial charge in [0.1, 0.15) is 0 Å². The summed E-state index contributed by atoms with van der Waals surface area (Å²) in [6.45, 7) is 6.58. The smallest absolute Gasteiger partial charge is 0.0934 e. The van der Waals surface area contributed by atoms with Crippen molar-refractivity contribution in [3.05, 3.63) is 119 Å². The minimum absolute atomic E-state index is 0.208. The number of nitrogens with zero attached hydrogens (tertiary/aromatic N) is 1. The van der Waals surface area contributed by atoms with Gasteiger partial charge in [-0.25, -0.2) is 0 Å². The highest BCUT2D eigenvalue weighted by molar-refractivity contribution is 8.14. The van der Waals surface area contributed by atoms with Crippen LogP contribution in [0.1, 0.15) is 33.9 Å². The summed E-state index contributed by atoms with van der Waals surface area (Å²) in [5, 5.41) is 7.22. The van der Waals surface area contributed by atoms with Crippen LogP contribution in [0.5, 0.6) is 0 Å². The average molecular weight is 449 g/mol. The van der Waals surface area contributed by atoms with E-state index >= 15 is 0 Å². The predicted molar refractivity (Wildman–Crippen MR) is 145 cm³/mol. The molecule has 1 heterocycles. The van der Waals surface area contributed by atoms with Gasteiger partial charge in [0.05, 0.1) is 11.1 Å². The Morgan fingerprint density at radius 2 is 1.55 bits per heavy atom. The molecule has 1 aliphatic heterocycles. The number of thioether (sulfide) groups is 1. The van der Waals surface area contributed by atoms with Crippen LogP contribution in [0.15, 0.2) is 96.0 Å². The second-order valence-electron chi connectivity index (χ2n) is 8.72. The van der Waals surface area contributed by atoms with Crippen LogP contribution in [0.2, 0.25) is 0 Å². The molecule has 0 bridgehead atoms. The van der Waals surface area contributed by atoms with E-state index in [0.717, 1.165) is 27.7 Å². The van der Waals surface area contributed by atoms with Gasteiger partial charge in [-0.3, -0.25) is 4.99 Å². The molecule has 0 radical (unpaired) electrons. The van der Waals surface area contributed by atoms with E-state index in [1.807, 2.05) is 11.8 Å². The fraction of sp³-hybridized carbons (Fsp3) is 0.167. The topological polar surface area (TPSA) is 24.4 Å². The van der Waals surface area contributed by atoms with Crippen LogP contribution in [-0.4, -0.2) is 10.8 Å². The summed E-state index contributed by atoms with van der Waals surface area (Å²) in [5.41, 5.74) is 8.66. The van der Waals surface area contributed by atoms with Crippen molar-refractivity contribution in [3.8, 4) is 0 Å². The highest BCUT2D eigenvalue weighted by atomic mass is 32.2. The first kappa shape index (κ1) is 21.5. The van der Waals surface area contributed by atoms with Gasteiger partial charge in [0.2, 0.25) is 0 Å². The molecular weight excluding hydrogens is 420 g/mol. The zero-order chi connectivity index (χ0) is 22.8. The molecule has 0 aliphatic carbocycles. The lowest BCUT2D eigenvalue weighted by Crippen LogP contribution is -2.02. The molecule has 0 amide bonds. The summed E-state index contributed by atoms with van der Waals surface area (Å²) in [6.07, 6.45) is 2.20. The van der Waals surface area contributed by atoms with Gasteiger partial charge in [-0.05, 0) is 72.0 Å². The van der Waals surface area contributed by atoms with Gasteiger partial charge in [-0.15, -0.1) is 11.8 Å². The predicted octanol–water partition coefficient (Wildman–Crippen LogP) is 8.10. The molecule has 0 saturated heterocycles. The van der Waals surface area contributed by atoms with Gasteiger partial charge in [-0.1, -0.05) is 78.4 Å². The molecule has 0 spiro atoms. The fourth-order valence-corrected chi connectivity index (χ4v) is 5.66. The Balaban J connectivity index is 1.49. The second kappa shape index (κ2) is 9.29. The molecular formula is C30H28N2S. The lowest BCUT2D eigenvalue weighted by molar-refractivity contribution is 0.830. The Morgan fingerprint density at radius 3 is 2.30 bits per heavy atom. The first-order valence-electron chi connectivity index (χ1n) is 11.4. The zero-order valence-electron chi connectivity index (χ0n) is 19.3. The van der Waals surface area contributed by atoms with E-state index in [1.54, 1.807) is 0 Å². The van der Waals surface area contributed by atoms with E-state index < -0.39 is 0 Å². The number of hydrogen-bond donors (Lipinski definition) is 1. The minimum atomic E-state index is 0.208. The number of rotatable bonds is 5. The van der Waals surface area contributed by atoms with Gasteiger partial charge in [0, 0.05) is 17.1 Å². The van der Waals surface area contributed by atoms with E-state index in [-0.39, 0.29) is 6.04 Å². The SMILES string of the molecule is Cc1cc(C)c(C2CSC(C=C(Nc3ccc4ccccc4c3)c3ccccc3)=N2)c(C)c1. The molecule has 4 aromatic rings. The molecule has 164 valence electrons. The monoisotopic (exact) mass is 448 g/mol. The van der Waals surface area contributed by atoms with E-state index in [0.29, 0.717) is 0 Å². The molecule has 5 rings (SSSR count). The quantitative estimate of drug-likeness (QED) is 0.333. The Bertz CT molecular complexity index is 1350. The van der Waals surface area contributed by atoms with Gasteiger partial charge in [-0.2, -0.15) is 0 Å². The van der Waals surface area contributed by atoms with Crippen molar-refractivity contribution in [1.82, 2.24) is 0 Å². The van der Waals surface area contributed by atoms with Gasteiger partial charge in [0.25, 0.3) is 0 Å². The Kier molecular flexibility index (Phi) is 6.06. The highest BCUT2D eigenvalue weighted by Crippen LogP contribution is 2.36. The van der Waals surface area contributed by atoms with Crippen LogP contribution in [0.3, 0.4) is 0 Å². The van der Waals surface area contributed by atoms with E-state index in [2.05, 4.69) is 117 Å². The first-order chi connectivity index (χ1) is 16.1. The van der Waals surface area contributed by atoms with Crippen molar-refractivity contribution >= 4 is 39.0 Å². The number of nitrogens with one attached hydrogen (secondary N) is 1. The molecule has 0 fully saturated rings. The van der Waals surface area contributed by atoms with E-state index in [1.165, 1.54) is 33.0 Å². The lowest BCUT2D eigenvalue weighted by atomic mass is 9.95. The number of aryl methyl sites for hydroxylation is 3. The molecule has 1 N–H and O–H groups in total. The Morgan fingerprint density at radius 1 is 0.848 bits per heavy atom. The molecule has 0 aromatic heterocycles. The van der Waals surface area contributed by atoms with Crippen molar-refractivity contribution in [2.45, 2.75) is 26.8 Å². The molecule has 1 unspecified atom stereocenters. The van der Waals surface area contributed by atoms with Gasteiger partial charge < -0.3 is 5.32 Å². The number of fused-ring (bicyclic) bond motifs is 1. The fourth-order valence-electron chi connectivity index (χ4n) is 4.69. The third kappa shape index (κ3) is 4.74. The number of aliphatic imine (C=N–C) groups is 1. The summed E-state index contributed by atoms with van der Waals surface area (Å²) in [6, 6.07) is 30.2. The molecule has 3 heteroatoms. The molecule has 2 nitrogen and oxygen atoms in total. The van der Waals surface area contributed by atoms with E-state index in [9.17, 15) is 0 Å². The van der Waals surface area contributed by atoms with Crippen molar-refractivity contribution < 1.29 is 0 Å². The molecule has 4 aromatic carbocycles. The molecule has 1 aliphatic rings. The van der Waals surface area contributed by atoms with E-state index in [4.69, 9.17) is 4.99 Å². The Labute approximate surface area is 200 Å². The summed E-state index contributed by atoms with van der Waals surface area (Å²) in [4.78, 5) is 5.13. The molecule has 33 heavy (non-hydrogen) atoms. The van der Waals surface area contributed by atoms with Crippen LogP contribution in [-0.2, 0) is 0 Å². The molecule has 1 atom stereocenters. The Hall–Kier alpha value is -3.30. The number of hydrogen-bond acceptors (Lipinski definition) is 3. The van der Waals surface area contributed by atoms with Crippen LogP contribution >= 0.6 is 11.8 Å². The van der Waals surface area contributed by atoms with Crippen molar-refractivity contribution in [1.29, 1.82) is 0 Å². The highest BCUT2D eigenvalue weighted by Gasteiger charge is 2.22.